The third kappa shape index (κ3) is 4.66. The molecule has 0 bridgehead atoms. The van der Waals surface area contributed by atoms with Gasteiger partial charge in [0.1, 0.15) is 0 Å². The number of pyridine rings is 1. The van der Waals surface area contributed by atoms with Crippen LogP contribution in [0.1, 0.15) is 49.2 Å². The van der Waals surface area contributed by atoms with Crippen LogP contribution in [0.4, 0.5) is 0 Å². The Morgan fingerprint density at radius 1 is 0.964 bits per heavy atom. The molecule has 1 N–H and O–H groups in total. The number of hydrogen-bond acceptors (Lipinski definition) is 2. The minimum atomic E-state index is -0.291. The van der Waals surface area contributed by atoms with Gasteiger partial charge in [0.2, 0.25) is 0 Å². The predicted octanol–water partition coefficient (Wildman–Crippen LogP) is 5.81. The molecule has 0 radical (unpaired) electrons. The summed E-state index contributed by atoms with van der Waals surface area (Å²) in [6, 6.07) is 16.6. The van der Waals surface area contributed by atoms with Crippen molar-refractivity contribution in [3.8, 4) is 22.3 Å². The van der Waals surface area contributed by atoms with Gasteiger partial charge in [-0.05, 0) is 86.2 Å². The largest absolute Gasteiger partial charge is 0.347 e. The van der Waals surface area contributed by atoms with Crippen molar-refractivity contribution in [3.63, 3.8) is 0 Å². The van der Waals surface area contributed by atoms with Crippen molar-refractivity contribution in [2.75, 3.05) is 0 Å². The number of aromatic nitrogens is 1. The zero-order valence-corrected chi connectivity index (χ0v) is 17.3. The number of hydrogen-bond donors (Lipinski definition) is 1. The van der Waals surface area contributed by atoms with E-state index in [1.807, 2.05) is 45.2 Å². The van der Waals surface area contributed by atoms with Crippen LogP contribution >= 0.6 is 0 Å². The minimum Gasteiger partial charge on any atom is -0.347 e. The molecule has 3 heteroatoms. The number of nitrogens with one attached hydrogen (secondary N) is 1. The Morgan fingerprint density at radius 2 is 1.64 bits per heavy atom. The summed E-state index contributed by atoms with van der Waals surface area (Å²) in [6.45, 7) is 10.2. The Hall–Kier alpha value is -2.94. The predicted molar refractivity (Wildman–Crippen MR) is 116 cm³/mol. The molecular weight excluding hydrogens is 344 g/mol. The first kappa shape index (κ1) is 19.8. The number of carbonyl (C=O) groups excluding carboxylic acids is 1. The maximum absolute atomic E-state index is 12.9. The lowest BCUT2D eigenvalue weighted by Gasteiger charge is -2.21. The van der Waals surface area contributed by atoms with Crippen molar-refractivity contribution in [2.24, 2.45) is 0 Å². The minimum absolute atomic E-state index is 0.0673. The second-order valence-electron chi connectivity index (χ2n) is 8.24. The fourth-order valence-electron chi connectivity index (χ4n) is 3.19. The summed E-state index contributed by atoms with van der Waals surface area (Å²) in [5.41, 5.74) is 6.98. The van der Waals surface area contributed by atoms with Crippen molar-refractivity contribution in [2.45, 2.75) is 46.6 Å². The fraction of sp³-hybridized carbons (Fsp3) is 0.280. The third-order valence-electron chi connectivity index (χ3n) is 4.73. The van der Waals surface area contributed by atoms with Crippen LogP contribution in [-0.2, 0) is 6.42 Å². The highest BCUT2D eigenvalue weighted by Crippen LogP contribution is 2.30. The molecule has 0 atom stereocenters. The van der Waals surface area contributed by atoms with E-state index in [0.717, 1.165) is 34.2 Å². The van der Waals surface area contributed by atoms with Gasteiger partial charge in [-0.1, -0.05) is 31.2 Å². The van der Waals surface area contributed by atoms with Crippen molar-refractivity contribution >= 4 is 5.91 Å². The van der Waals surface area contributed by atoms with Crippen molar-refractivity contribution in [1.82, 2.24) is 10.3 Å². The first-order valence-corrected chi connectivity index (χ1v) is 9.75. The zero-order chi connectivity index (χ0) is 20.3. The molecule has 0 spiro atoms. The summed E-state index contributed by atoms with van der Waals surface area (Å²) in [5.74, 6) is -0.0673. The molecule has 2 aromatic carbocycles. The summed E-state index contributed by atoms with van der Waals surface area (Å²) in [4.78, 5) is 17.2. The fourth-order valence-corrected chi connectivity index (χ4v) is 3.19. The van der Waals surface area contributed by atoms with E-state index in [0.29, 0.717) is 5.56 Å². The molecule has 0 unspecified atom stereocenters. The van der Waals surface area contributed by atoms with E-state index in [2.05, 4.69) is 54.5 Å². The molecule has 3 nitrogen and oxygen atoms in total. The number of nitrogens with zero attached hydrogens (tertiary/aromatic N) is 1. The zero-order valence-electron chi connectivity index (χ0n) is 17.3. The van der Waals surface area contributed by atoms with Gasteiger partial charge in [0.25, 0.3) is 5.91 Å². The molecule has 3 aromatic rings. The number of amides is 1. The van der Waals surface area contributed by atoms with Crippen LogP contribution in [0.5, 0.6) is 0 Å². The van der Waals surface area contributed by atoms with E-state index in [-0.39, 0.29) is 11.4 Å². The van der Waals surface area contributed by atoms with Gasteiger partial charge >= 0.3 is 0 Å². The molecule has 0 aliphatic carbocycles. The van der Waals surface area contributed by atoms with Crippen LogP contribution in [0, 0.1) is 6.92 Å². The lowest BCUT2D eigenvalue weighted by Crippen LogP contribution is -2.40. The Bertz CT molecular complexity index is 982. The Labute approximate surface area is 167 Å². The SMILES string of the molecule is CCc1ccc(-c2cc(C(=O)NC(C)(C)C)cc(-c3cnccc3C)c2)cc1. The average molecular weight is 373 g/mol. The average Bonchev–Trinajstić information content (AvgIpc) is 2.67. The van der Waals surface area contributed by atoms with Gasteiger partial charge in [0, 0.05) is 29.1 Å². The van der Waals surface area contributed by atoms with Gasteiger partial charge < -0.3 is 5.32 Å². The summed E-state index contributed by atoms with van der Waals surface area (Å²) < 4.78 is 0. The van der Waals surface area contributed by atoms with Crippen LogP contribution in [0.25, 0.3) is 22.3 Å². The van der Waals surface area contributed by atoms with Gasteiger partial charge in [-0.15, -0.1) is 0 Å². The molecular formula is C25H28N2O. The van der Waals surface area contributed by atoms with Gasteiger partial charge in [-0.25, -0.2) is 0 Å². The molecule has 1 amide bonds. The van der Waals surface area contributed by atoms with Crippen LogP contribution in [0.2, 0.25) is 0 Å². The van der Waals surface area contributed by atoms with Crippen LogP contribution < -0.4 is 5.32 Å². The molecule has 0 aliphatic rings. The number of carbonyl (C=O) groups is 1. The molecule has 28 heavy (non-hydrogen) atoms. The Morgan fingerprint density at radius 3 is 2.25 bits per heavy atom. The molecule has 1 aromatic heterocycles. The van der Waals surface area contributed by atoms with Crippen molar-refractivity contribution < 1.29 is 4.79 Å². The molecule has 0 saturated carbocycles. The quantitative estimate of drug-likeness (QED) is 0.627. The van der Waals surface area contributed by atoms with E-state index in [4.69, 9.17) is 0 Å². The summed E-state index contributed by atoms with van der Waals surface area (Å²) in [5, 5.41) is 3.07. The van der Waals surface area contributed by atoms with Crippen molar-refractivity contribution in [1.29, 1.82) is 0 Å². The summed E-state index contributed by atoms with van der Waals surface area (Å²) >= 11 is 0. The van der Waals surface area contributed by atoms with E-state index < -0.39 is 0 Å². The van der Waals surface area contributed by atoms with Crippen LogP contribution in [0.15, 0.2) is 60.9 Å². The highest BCUT2D eigenvalue weighted by Gasteiger charge is 2.17. The second kappa shape index (κ2) is 7.97. The summed E-state index contributed by atoms with van der Waals surface area (Å²) in [7, 11) is 0. The highest BCUT2D eigenvalue weighted by atomic mass is 16.1. The van der Waals surface area contributed by atoms with Gasteiger partial charge in [-0.2, -0.15) is 0 Å². The third-order valence-corrected chi connectivity index (χ3v) is 4.73. The second-order valence-corrected chi connectivity index (χ2v) is 8.24. The normalized spacial score (nSPS) is 11.3. The first-order chi connectivity index (χ1) is 13.3. The first-order valence-electron chi connectivity index (χ1n) is 9.75. The standard InChI is InChI=1S/C25H28N2O/c1-6-18-7-9-19(10-8-18)20-13-21(23-16-26-12-11-17(23)2)15-22(14-20)24(28)27-25(3,4)5/h7-16H,6H2,1-5H3,(H,27,28). The van der Waals surface area contributed by atoms with E-state index in [1.54, 1.807) is 6.20 Å². The lowest BCUT2D eigenvalue weighted by molar-refractivity contribution is 0.0919. The summed E-state index contributed by atoms with van der Waals surface area (Å²) in [6.07, 6.45) is 4.66. The van der Waals surface area contributed by atoms with E-state index in [9.17, 15) is 4.79 Å². The smallest absolute Gasteiger partial charge is 0.251 e. The molecule has 0 fully saturated rings. The monoisotopic (exact) mass is 372 g/mol. The number of benzene rings is 2. The molecule has 1 heterocycles. The molecule has 0 aliphatic heterocycles. The molecule has 144 valence electrons. The van der Waals surface area contributed by atoms with Gasteiger partial charge in [0.05, 0.1) is 0 Å². The maximum Gasteiger partial charge on any atom is 0.251 e. The number of aryl methyl sites for hydroxylation is 2. The topological polar surface area (TPSA) is 42.0 Å². The number of rotatable bonds is 4. The molecule has 3 rings (SSSR count). The van der Waals surface area contributed by atoms with E-state index in [1.165, 1.54) is 5.56 Å². The van der Waals surface area contributed by atoms with E-state index >= 15 is 0 Å². The lowest BCUT2D eigenvalue weighted by atomic mass is 9.94. The van der Waals surface area contributed by atoms with Crippen LogP contribution in [0.3, 0.4) is 0 Å². The van der Waals surface area contributed by atoms with Gasteiger partial charge in [0.15, 0.2) is 0 Å². The van der Waals surface area contributed by atoms with Crippen molar-refractivity contribution in [3.05, 3.63) is 77.6 Å². The maximum atomic E-state index is 12.9. The Balaban J connectivity index is 2.13. The molecule has 0 saturated heterocycles. The highest BCUT2D eigenvalue weighted by molar-refractivity contribution is 5.97. The van der Waals surface area contributed by atoms with Gasteiger partial charge in [-0.3, -0.25) is 9.78 Å². The van der Waals surface area contributed by atoms with Crippen LogP contribution in [-0.4, -0.2) is 16.4 Å². The Kier molecular flexibility index (Phi) is 5.64.